The summed E-state index contributed by atoms with van der Waals surface area (Å²) in [6.07, 6.45) is 0. The lowest BCUT2D eigenvalue weighted by Crippen LogP contribution is -1.98. The fourth-order valence-corrected chi connectivity index (χ4v) is 18.3. The first-order chi connectivity index (χ1) is 56.0. The number of para-hydroxylation sites is 7. The number of fused-ring (bicyclic) bond motifs is 18. The van der Waals surface area contributed by atoms with E-state index in [9.17, 15) is 0 Å². The molecule has 7 aromatic heterocycles. The highest BCUT2D eigenvalue weighted by molar-refractivity contribution is 6.22. The van der Waals surface area contributed by atoms with Gasteiger partial charge in [0.1, 0.15) is 0 Å². The zero-order valence-corrected chi connectivity index (χ0v) is 60.9. The van der Waals surface area contributed by atoms with E-state index in [2.05, 4.69) is 381 Å². The maximum absolute atomic E-state index is 5.28. The highest BCUT2D eigenvalue weighted by atomic mass is 15.0. The molecule has 0 fully saturated rings. The van der Waals surface area contributed by atoms with Gasteiger partial charge in [0.05, 0.1) is 77.6 Å². The summed E-state index contributed by atoms with van der Waals surface area (Å²) in [5, 5.41) is 16.4. The minimum absolute atomic E-state index is 0.690. The Hall–Kier alpha value is -15.3. The molecule has 0 bridgehead atoms. The standard InChI is InChI=1S/C104H63N9/c1-4-23-64(24-5-1)101-81-35-10-16-37-89(81)105-103(107-101)66-45-48-73(49-46-66)110-92-40-19-13-33-79(92)86-62-100-88(63-98(86)110)84-58-69-44-43-67(55-71(69)59-96(84)112(100)72-28-8-3-9-29-72)68-47-54-95-83(57-68)77-31-12-18-39-91(77)109(95)74-50-52-75(53-51-74)111-93-41-20-14-32-78(93)85-61-99-87(60-97(85)111)80-34-15-21-42-94(80)113(99)76-30-22-27-70(56-76)104-106-90-38-17-11-36-82(90)102(108-104)65-25-6-2-7-26-65/h1-63H. The summed E-state index contributed by atoms with van der Waals surface area (Å²) >= 11 is 0. The number of benzene rings is 17. The van der Waals surface area contributed by atoms with Crippen LogP contribution < -0.4 is 0 Å². The molecule has 9 nitrogen and oxygen atoms in total. The zero-order chi connectivity index (χ0) is 73.9. The second kappa shape index (κ2) is 24.6. The normalized spacial score (nSPS) is 12.1. The molecule has 0 aliphatic rings. The van der Waals surface area contributed by atoms with E-state index in [0.717, 1.165) is 150 Å². The summed E-state index contributed by atoms with van der Waals surface area (Å²) in [4.78, 5) is 20.8. The van der Waals surface area contributed by atoms with Crippen LogP contribution >= 0.6 is 0 Å². The number of aromatic nitrogens is 9. The zero-order valence-electron chi connectivity index (χ0n) is 60.9. The van der Waals surface area contributed by atoms with E-state index in [1.165, 1.54) is 64.6 Å². The van der Waals surface area contributed by atoms with Gasteiger partial charge >= 0.3 is 0 Å². The molecule has 0 spiro atoms. The Labute approximate surface area is 647 Å². The minimum atomic E-state index is 0.690. The Kier molecular flexibility index (Phi) is 13.6. The van der Waals surface area contributed by atoms with Crippen molar-refractivity contribution in [2.75, 3.05) is 0 Å². The third kappa shape index (κ3) is 9.71. The Bertz CT molecular complexity index is 8090. The fourth-order valence-electron chi connectivity index (χ4n) is 18.3. The molecule has 0 N–H and O–H groups in total. The Balaban J connectivity index is 0.587. The van der Waals surface area contributed by atoms with Crippen LogP contribution in [-0.4, -0.2) is 42.8 Å². The van der Waals surface area contributed by atoms with Crippen LogP contribution in [0.1, 0.15) is 0 Å². The van der Waals surface area contributed by atoms with Crippen molar-refractivity contribution >= 4 is 142 Å². The van der Waals surface area contributed by atoms with Gasteiger partial charge in [-0.15, -0.1) is 0 Å². The molecule has 113 heavy (non-hydrogen) atoms. The van der Waals surface area contributed by atoms with Crippen LogP contribution in [0, 0.1) is 0 Å². The minimum Gasteiger partial charge on any atom is -0.309 e. The van der Waals surface area contributed by atoms with Crippen molar-refractivity contribution in [1.82, 2.24) is 42.8 Å². The van der Waals surface area contributed by atoms with Crippen molar-refractivity contribution in [3.05, 3.63) is 382 Å². The third-order valence-electron chi connectivity index (χ3n) is 23.4. The summed E-state index contributed by atoms with van der Waals surface area (Å²) < 4.78 is 12.2. The predicted octanol–water partition coefficient (Wildman–Crippen LogP) is 26.5. The van der Waals surface area contributed by atoms with Crippen molar-refractivity contribution < 1.29 is 0 Å². The van der Waals surface area contributed by atoms with Crippen LogP contribution in [0.3, 0.4) is 0 Å². The molecular formula is C104H63N9. The lowest BCUT2D eigenvalue weighted by atomic mass is 9.98. The van der Waals surface area contributed by atoms with Gasteiger partial charge in [0, 0.05) is 115 Å². The Morgan fingerprint density at radius 3 is 0.991 bits per heavy atom. The number of hydrogen-bond acceptors (Lipinski definition) is 4. The molecule has 24 rings (SSSR count). The van der Waals surface area contributed by atoms with Crippen LogP contribution in [0.5, 0.6) is 0 Å². The second-order valence-electron chi connectivity index (χ2n) is 29.7. The van der Waals surface area contributed by atoms with Gasteiger partial charge in [0.2, 0.25) is 0 Å². The molecule has 9 heteroatoms. The number of hydrogen-bond donors (Lipinski definition) is 0. The van der Waals surface area contributed by atoms with E-state index in [4.69, 9.17) is 19.9 Å². The van der Waals surface area contributed by atoms with Crippen molar-refractivity contribution in [3.63, 3.8) is 0 Å². The molecule has 0 saturated carbocycles. The van der Waals surface area contributed by atoms with Gasteiger partial charge < -0.3 is 22.8 Å². The smallest absolute Gasteiger partial charge is 0.160 e. The summed E-state index contributed by atoms with van der Waals surface area (Å²) in [7, 11) is 0. The molecule has 0 amide bonds. The van der Waals surface area contributed by atoms with Gasteiger partial charge in [-0.3, -0.25) is 0 Å². The molecule has 17 aromatic carbocycles. The SMILES string of the molecule is c1ccc(-c2nc(-c3ccc(-n4c5ccccc5c5cc6c(cc54)c4cc5ccc(-c7ccc8c(c7)c7ccccc7n8-c7ccc(-n8c9ccccc9c9cc%10c(cc98)c8ccccc8n%10-c8cccc(-c9nc(-c%10ccccc%10)c%10ccccc%10n9)c8)cc7)cc5cc4n6-c4ccccc4)cc3)nc3ccccc23)cc1. The summed E-state index contributed by atoms with van der Waals surface area (Å²) in [5.41, 5.74) is 26.9. The first-order valence-electron chi connectivity index (χ1n) is 38.5. The van der Waals surface area contributed by atoms with Gasteiger partial charge in [0.25, 0.3) is 0 Å². The van der Waals surface area contributed by atoms with Crippen LogP contribution in [0.4, 0.5) is 0 Å². The molecule has 0 aliphatic heterocycles. The van der Waals surface area contributed by atoms with Gasteiger partial charge in [-0.05, 0) is 186 Å². The molecule has 0 atom stereocenters. The van der Waals surface area contributed by atoms with E-state index >= 15 is 0 Å². The van der Waals surface area contributed by atoms with Crippen molar-refractivity contribution in [2.24, 2.45) is 0 Å². The van der Waals surface area contributed by atoms with E-state index < -0.39 is 0 Å². The highest BCUT2D eigenvalue weighted by Crippen LogP contribution is 2.46. The second-order valence-corrected chi connectivity index (χ2v) is 29.7. The molecule has 0 aliphatic carbocycles. The molecule has 24 aromatic rings. The first-order valence-corrected chi connectivity index (χ1v) is 38.5. The Morgan fingerprint density at radius 1 is 0.150 bits per heavy atom. The molecule has 0 saturated heterocycles. The molecular weight excluding hydrogens is 1380 g/mol. The van der Waals surface area contributed by atoms with E-state index in [1.807, 2.05) is 24.3 Å². The average molecular weight is 1440 g/mol. The maximum atomic E-state index is 5.28. The predicted molar refractivity (Wildman–Crippen MR) is 469 cm³/mol. The number of rotatable bonds is 10. The largest absolute Gasteiger partial charge is 0.309 e. The maximum Gasteiger partial charge on any atom is 0.160 e. The highest BCUT2D eigenvalue weighted by Gasteiger charge is 2.25. The average Bonchev–Trinajstić information content (AvgIpc) is 1.56. The molecule has 7 heterocycles. The molecule has 0 unspecified atom stereocenters. The first kappa shape index (κ1) is 62.7. The molecule has 524 valence electrons. The van der Waals surface area contributed by atoms with Crippen LogP contribution in [-0.2, 0) is 0 Å². The number of nitrogens with zero attached hydrogens (tertiary/aromatic N) is 9. The lowest BCUT2D eigenvalue weighted by Gasteiger charge is -2.13. The topological polar surface area (TPSA) is 76.2 Å². The summed E-state index contributed by atoms with van der Waals surface area (Å²) in [6.45, 7) is 0. The third-order valence-corrected chi connectivity index (χ3v) is 23.4. The lowest BCUT2D eigenvalue weighted by molar-refractivity contribution is 1.14. The van der Waals surface area contributed by atoms with Crippen molar-refractivity contribution in [1.29, 1.82) is 0 Å². The van der Waals surface area contributed by atoms with Gasteiger partial charge in [0.15, 0.2) is 11.6 Å². The van der Waals surface area contributed by atoms with Gasteiger partial charge in [-0.1, -0.05) is 218 Å². The summed E-state index contributed by atoms with van der Waals surface area (Å²) in [6, 6.07) is 139. The quantitative estimate of drug-likeness (QED) is 0.137. The van der Waals surface area contributed by atoms with E-state index in [-0.39, 0.29) is 0 Å². The monoisotopic (exact) mass is 1440 g/mol. The fraction of sp³-hybridized carbons (Fsp3) is 0. The van der Waals surface area contributed by atoms with Crippen LogP contribution in [0.25, 0.3) is 226 Å². The molecule has 0 radical (unpaired) electrons. The van der Waals surface area contributed by atoms with Gasteiger partial charge in [-0.2, -0.15) is 0 Å². The van der Waals surface area contributed by atoms with Crippen molar-refractivity contribution in [3.8, 4) is 84.9 Å². The van der Waals surface area contributed by atoms with E-state index in [1.54, 1.807) is 0 Å². The van der Waals surface area contributed by atoms with Gasteiger partial charge in [-0.25, -0.2) is 19.9 Å². The summed E-state index contributed by atoms with van der Waals surface area (Å²) in [5.74, 6) is 1.39. The van der Waals surface area contributed by atoms with Crippen molar-refractivity contribution in [2.45, 2.75) is 0 Å². The van der Waals surface area contributed by atoms with Crippen LogP contribution in [0.2, 0.25) is 0 Å². The Morgan fingerprint density at radius 2 is 0.478 bits per heavy atom. The van der Waals surface area contributed by atoms with E-state index in [0.29, 0.717) is 11.6 Å². The van der Waals surface area contributed by atoms with Crippen LogP contribution in [0.15, 0.2) is 382 Å².